The number of nitrogens with zero attached hydrogens (tertiary/aromatic N) is 1. The maximum Gasteiger partial charge on any atom is 0.272 e. The zero-order valence-corrected chi connectivity index (χ0v) is 8.89. The molecule has 1 N–H and O–H groups in total. The first kappa shape index (κ1) is 11.0. The molecule has 0 aromatic heterocycles. The highest BCUT2D eigenvalue weighted by Crippen LogP contribution is 2.24. The molecule has 0 saturated heterocycles. The Bertz CT molecular complexity index is 575. The van der Waals surface area contributed by atoms with Crippen LogP contribution in [-0.2, 0) is 9.59 Å². The normalized spacial score (nSPS) is 14.5. The van der Waals surface area contributed by atoms with Crippen LogP contribution in [0.3, 0.4) is 0 Å². The third-order valence-corrected chi connectivity index (χ3v) is 2.46. The number of rotatable bonds is 2. The van der Waals surface area contributed by atoms with E-state index in [0.717, 1.165) is 0 Å². The van der Waals surface area contributed by atoms with E-state index in [4.69, 9.17) is 0 Å². The SMILES string of the molecule is Cc1cc(C2=CC(=O)NC2=O)ccc1[N+](=O)[O-]. The minimum absolute atomic E-state index is 0.0147. The Morgan fingerprint density at radius 2 is 2.00 bits per heavy atom. The van der Waals surface area contributed by atoms with Gasteiger partial charge in [-0.2, -0.15) is 0 Å². The van der Waals surface area contributed by atoms with Crippen molar-refractivity contribution in [1.29, 1.82) is 0 Å². The van der Waals surface area contributed by atoms with Gasteiger partial charge < -0.3 is 0 Å². The molecule has 6 heteroatoms. The molecule has 1 heterocycles. The molecule has 6 nitrogen and oxygen atoms in total. The lowest BCUT2D eigenvalue weighted by molar-refractivity contribution is -0.385. The molecular formula is C11H8N2O4. The number of hydrogen-bond acceptors (Lipinski definition) is 4. The summed E-state index contributed by atoms with van der Waals surface area (Å²) >= 11 is 0. The highest BCUT2D eigenvalue weighted by molar-refractivity contribution is 6.33. The molecule has 1 aliphatic rings. The zero-order chi connectivity index (χ0) is 12.6. The molecule has 2 rings (SSSR count). The Hall–Kier alpha value is -2.50. The molecule has 17 heavy (non-hydrogen) atoms. The molecule has 1 aromatic carbocycles. The molecule has 0 bridgehead atoms. The summed E-state index contributed by atoms with van der Waals surface area (Å²) in [7, 11) is 0. The second kappa shape index (κ2) is 3.82. The van der Waals surface area contributed by atoms with E-state index in [-0.39, 0.29) is 11.3 Å². The summed E-state index contributed by atoms with van der Waals surface area (Å²) in [5, 5.41) is 12.7. The Kier molecular flexibility index (Phi) is 2.47. The van der Waals surface area contributed by atoms with Gasteiger partial charge in [0.1, 0.15) is 0 Å². The van der Waals surface area contributed by atoms with Crippen LogP contribution >= 0.6 is 0 Å². The van der Waals surface area contributed by atoms with Gasteiger partial charge in [-0.25, -0.2) is 0 Å². The number of carbonyl (C=O) groups excluding carboxylic acids is 2. The van der Waals surface area contributed by atoms with Crippen molar-refractivity contribution in [3.05, 3.63) is 45.5 Å². The molecule has 86 valence electrons. The molecule has 2 amide bonds. The largest absolute Gasteiger partial charge is 0.289 e. The van der Waals surface area contributed by atoms with Gasteiger partial charge in [-0.05, 0) is 24.6 Å². The smallest absolute Gasteiger partial charge is 0.272 e. The van der Waals surface area contributed by atoms with Crippen molar-refractivity contribution in [2.24, 2.45) is 0 Å². The summed E-state index contributed by atoms with van der Waals surface area (Å²) in [5.41, 5.74) is 1.16. The third kappa shape index (κ3) is 1.92. The average Bonchev–Trinajstić information content (AvgIpc) is 2.57. The predicted octanol–water partition coefficient (Wildman–Crippen LogP) is 0.943. The van der Waals surface area contributed by atoms with Crippen LogP contribution in [0.2, 0.25) is 0 Å². The van der Waals surface area contributed by atoms with Gasteiger partial charge in [0.25, 0.3) is 17.5 Å². The maximum absolute atomic E-state index is 11.4. The number of benzene rings is 1. The summed E-state index contributed by atoms with van der Waals surface area (Å²) in [5.74, 6) is -0.954. The topological polar surface area (TPSA) is 89.3 Å². The van der Waals surface area contributed by atoms with Gasteiger partial charge >= 0.3 is 0 Å². The molecule has 0 atom stereocenters. The van der Waals surface area contributed by atoms with Gasteiger partial charge in [0.2, 0.25) is 0 Å². The van der Waals surface area contributed by atoms with Crippen LogP contribution in [-0.4, -0.2) is 16.7 Å². The van der Waals surface area contributed by atoms with E-state index in [1.807, 2.05) is 0 Å². The molecule has 0 spiro atoms. The molecule has 1 aliphatic heterocycles. The van der Waals surface area contributed by atoms with Gasteiger partial charge in [-0.3, -0.25) is 25.0 Å². The lowest BCUT2D eigenvalue weighted by atomic mass is 10.0. The van der Waals surface area contributed by atoms with Crippen molar-refractivity contribution in [3.63, 3.8) is 0 Å². The minimum Gasteiger partial charge on any atom is -0.289 e. The second-order valence-electron chi connectivity index (χ2n) is 3.63. The molecule has 0 unspecified atom stereocenters. The Morgan fingerprint density at radius 1 is 1.29 bits per heavy atom. The first-order chi connectivity index (χ1) is 7.99. The number of aryl methyl sites for hydroxylation is 1. The zero-order valence-electron chi connectivity index (χ0n) is 8.89. The monoisotopic (exact) mass is 232 g/mol. The van der Waals surface area contributed by atoms with Crippen LogP contribution in [0.25, 0.3) is 5.57 Å². The average molecular weight is 232 g/mol. The number of imide groups is 1. The summed E-state index contributed by atoms with van der Waals surface area (Å²) in [6.07, 6.45) is 1.18. The van der Waals surface area contributed by atoms with Gasteiger partial charge in [0.05, 0.1) is 10.5 Å². The molecule has 0 radical (unpaired) electrons. The molecule has 0 saturated carbocycles. The summed E-state index contributed by atoms with van der Waals surface area (Å²) in [6, 6.07) is 4.29. The van der Waals surface area contributed by atoms with Crippen LogP contribution in [0.5, 0.6) is 0 Å². The highest BCUT2D eigenvalue weighted by atomic mass is 16.6. The number of nitro groups is 1. The number of amides is 2. The fraction of sp³-hybridized carbons (Fsp3) is 0.0909. The summed E-state index contributed by atoms with van der Waals surface area (Å²) < 4.78 is 0. The van der Waals surface area contributed by atoms with Crippen LogP contribution in [0.4, 0.5) is 5.69 Å². The van der Waals surface area contributed by atoms with E-state index in [1.54, 1.807) is 6.92 Å². The van der Waals surface area contributed by atoms with Crippen LogP contribution in [0.15, 0.2) is 24.3 Å². The van der Waals surface area contributed by atoms with Crippen molar-refractivity contribution in [3.8, 4) is 0 Å². The molecule has 0 fully saturated rings. The van der Waals surface area contributed by atoms with E-state index in [0.29, 0.717) is 11.1 Å². The number of nitro benzene ring substituents is 1. The first-order valence-corrected chi connectivity index (χ1v) is 4.81. The Balaban J connectivity index is 2.46. The summed E-state index contributed by atoms with van der Waals surface area (Å²) in [6.45, 7) is 1.58. The van der Waals surface area contributed by atoms with E-state index in [2.05, 4.69) is 5.32 Å². The number of hydrogen-bond donors (Lipinski definition) is 1. The third-order valence-electron chi connectivity index (χ3n) is 2.46. The molecular weight excluding hydrogens is 224 g/mol. The van der Waals surface area contributed by atoms with Crippen molar-refractivity contribution in [2.75, 3.05) is 0 Å². The van der Waals surface area contributed by atoms with E-state index < -0.39 is 16.7 Å². The van der Waals surface area contributed by atoms with E-state index in [9.17, 15) is 19.7 Å². The number of carbonyl (C=O) groups is 2. The summed E-state index contributed by atoms with van der Waals surface area (Å²) in [4.78, 5) is 32.5. The number of nitrogens with one attached hydrogen (secondary N) is 1. The van der Waals surface area contributed by atoms with Crippen LogP contribution < -0.4 is 5.32 Å². The van der Waals surface area contributed by atoms with Crippen molar-refractivity contribution < 1.29 is 14.5 Å². The Morgan fingerprint density at radius 3 is 2.47 bits per heavy atom. The van der Waals surface area contributed by atoms with Crippen LogP contribution in [0, 0.1) is 17.0 Å². The minimum atomic E-state index is -0.493. The van der Waals surface area contributed by atoms with Crippen molar-refractivity contribution in [1.82, 2.24) is 5.32 Å². The van der Waals surface area contributed by atoms with Crippen molar-refractivity contribution >= 4 is 23.1 Å². The Labute approximate surface area is 96.1 Å². The quantitative estimate of drug-likeness (QED) is 0.467. The standard InChI is InChI=1S/C11H8N2O4/c1-6-4-7(2-3-9(6)13(16)17)8-5-10(14)12-11(8)15/h2-5H,1H3,(H,12,14,15). The maximum atomic E-state index is 11.4. The van der Waals surface area contributed by atoms with Gasteiger partial charge in [-0.15, -0.1) is 0 Å². The van der Waals surface area contributed by atoms with E-state index >= 15 is 0 Å². The fourth-order valence-electron chi connectivity index (χ4n) is 1.65. The van der Waals surface area contributed by atoms with Crippen molar-refractivity contribution in [2.45, 2.75) is 6.92 Å². The molecule has 0 aliphatic carbocycles. The first-order valence-electron chi connectivity index (χ1n) is 4.81. The van der Waals surface area contributed by atoms with Crippen LogP contribution in [0.1, 0.15) is 11.1 Å². The van der Waals surface area contributed by atoms with Gasteiger partial charge in [0.15, 0.2) is 0 Å². The van der Waals surface area contributed by atoms with Gasteiger partial charge in [-0.1, -0.05) is 0 Å². The molecule has 1 aromatic rings. The lowest BCUT2D eigenvalue weighted by Crippen LogP contribution is -2.21. The lowest BCUT2D eigenvalue weighted by Gasteiger charge is -2.02. The highest BCUT2D eigenvalue weighted by Gasteiger charge is 2.23. The van der Waals surface area contributed by atoms with Gasteiger partial charge in [0, 0.05) is 17.7 Å². The second-order valence-corrected chi connectivity index (χ2v) is 3.63. The fourth-order valence-corrected chi connectivity index (χ4v) is 1.65. The van der Waals surface area contributed by atoms with E-state index in [1.165, 1.54) is 24.3 Å². The predicted molar refractivity (Wildman–Crippen MR) is 59.0 cm³/mol.